The first kappa shape index (κ1) is 16.4. The summed E-state index contributed by atoms with van der Waals surface area (Å²) in [5.74, 6) is 0.466. The minimum absolute atomic E-state index is 0. The van der Waals surface area contributed by atoms with Crippen molar-refractivity contribution in [2.24, 2.45) is 0 Å². The molecule has 0 amide bonds. The molecule has 1 fully saturated rings. The topological polar surface area (TPSA) is 87.0 Å². The van der Waals surface area contributed by atoms with Gasteiger partial charge in [0.2, 0.25) is 5.95 Å². The molecule has 1 aliphatic heterocycles. The van der Waals surface area contributed by atoms with Crippen molar-refractivity contribution >= 4 is 11.6 Å². The van der Waals surface area contributed by atoms with E-state index >= 15 is 0 Å². The Morgan fingerprint density at radius 3 is 3.04 bits per heavy atom. The van der Waals surface area contributed by atoms with E-state index in [4.69, 9.17) is 9.47 Å². The normalized spacial score (nSPS) is 16.6. The number of halogens is 1. The Balaban J connectivity index is 0.00000210. The zero-order valence-electron chi connectivity index (χ0n) is 14.1. The average Bonchev–Trinajstić information content (AvgIpc) is 3.32. The first-order valence-corrected chi connectivity index (χ1v) is 8.18. The molecule has 136 valence electrons. The lowest BCUT2D eigenvalue weighted by atomic mass is 10.2. The third-order valence-electron chi connectivity index (χ3n) is 3.89. The van der Waals surface area contributed by atoms with E-state index in [1.165, 1.54) is 11.0 Å². The first-order chi connectivity index (χ1) is 12.7. The molecule has 3 heterocycles. The molecule has 0 saturated carbocycles. The number of benzene rings is 1. The van der Waals surface area contributed by atoms with Gasteiger partial charge in [-0.05, 0) is 24.6 Å². The fourth-order valence-electron chi connectivity index (χ4n) is 2.66. The van der Waals surface area contributed by atoms with Crippen LogP contribution in [0.2, 0.25) is 0 Å². The molecule has 1 unspecified atom stereocenters. The Kier molecular flexibility index (Phi) is 4.44. The molecule has 1 aliphatic rings. The van der Waals surface area contributed by atoms with Crippen molar-refractivity contribution in [3.63, 3.8) is 0 Å². The third-order valence-corrected chi connectivity index (χ3v) is 3.89. The van der Waals surface area contributed by atoms with E-state index in [1.807, 2.05) is 6.92 Å². The number of nitrogens with zero attached hydrogens (tertiary/aromatic N) is 5. The minimum Gasteiger partial charge on any atom is -0.485 e. The Bertz CT molecular complexity index is 902. The van der Waals surface area contributed by atoms with Crippen LogP contribution >= 0.6 is 0 Å². The third kappa shape index (κ3) is 3.47. The maximum absolute atomic E-state index is 14.8. The Morgan fingerprint density at radius 2 is 2.27 bits per heavy atom. The molecule has 1 saturated heterocycles. The Hall–Kier alpha value is -3.07. The molecule has 1 atom stereocenters. The highest BCUT2D eigenvalue weighted by atomic mass is 19.1. The van der Waals surface area contributed by atoms with Gasteiger partial charge >= 0.3 is 0 Å². The van der Waals surface area contributed by atoms with Crippen LogP contribution in [-0.2, 0) is 4.74 Å². The molecule has 1 N–H and O–H groups in total. The SMILES string of the molecule is Cc1cc(Nc2ncn(-c3cnccn3)n2)c(F)c(OC2CCOC2)c1.[HH]. The standard InChI is InChI=1S/C17H17FN6O2.H2/c1-11-6-13(16(18)14(7-11)26-12-2-5-25-9-12)22-17-21-10-24(23-17)15-8-19-3-4-20-15;/h3-4,6-8,10,12H,2,5,9H2,1H3,(H,22,23);1H. The van der Waals surface area contributed by atoms with Gasteiger partial charge in [0.05, 0.1) is 25.1 Å². The molecule has 0 aliphatic carbocycles. The Labute approximate surface area is 150 Å². The molecule has 0 bridgehead atoms. The van der Waals surface area contributed by atoms with Crippen LogP contribution in [0.15, 0.2) is 37.1 Å². The van der Waals surface area contributed by atoms with Crippen LogP contribution in [0.1, 0.15) is 13.4 Å². The van der Waals surface area contributed by atoms with E-state index in [0.717, 1.165) is 12.0 Å². The van der Waals surface area contributed by atoms with Gasteiger partial charge in [-0.2, -0.15) is 9.67 Å². The van der Waals surface area contributed by atoms with Crippen LogP contribution in [-0.4, -0.2) is 44.1 Å². The van der Waals surface area contributed by atoms with Gasteiger partial charge in [-0.1, -0.05) is 0 Å². The second-order valence-electron chi connectivity index (χ2n) is 5.93. The number of anilines is 2. The van der Waals surface area contributed by atoms with Crippen LogP contribution in [0.5, 0.6) is 5.75 Å². The maximum Gasteiger partial charge on any atom is 0.247 e. The van der Waals surface area contributed by atoms with Gasteiger partial charge in [-0.25, -0.2) is 9.37 Å². The molecule has 1 aromatic carbocycles. The highest BCUT2D eigenvalue weighted by Gasteiger charge is 2.21. The molecule has 3 aromatic rings. The highest BCUT2D eigenvalue weighted by Crippen LogP contribution is 2.30. The molecule has 4 rings (SSSR count). The van der Waals surface area contributed by atoms with Gasteiger partial charge < -0.3 is 14.8 Å². The molecular formula is C17H19FN6O2. The smallest absolute Gasteiger partial charge is 0.247 e. The summed E-state index contributed by atoms with van der Waals surface area (Å²) in [6.07, 6.45) is 6.78. The molecule has 9 heteroatoms. The fourth-order valence-corrected chi connectivity index (χ4v) is 2.66. The largest absolute Gasteiger partial charge is 0.485 e. The van der Waals surface area contributed by atoms with Gasteiger partial charge in [-0.3, -0.25) is 4.98 Å². The van der Waals surface area contributed by atoms with Crippen molar-refractivity contribution in [3.05, 3.63) is 48.4 Å². The molecular weight excluding hydrogens is 339 g/mol. The minimum atomic E-state index is -0.488. The predicted molar refractivity (Wildman–Crippen MR) is 93.3 cm³/mol. The van der Waals surface area contributed by atoms with E-state index in [9.17, 15) is 4.39 Å². The molecule has 0 spiro atoms. The lowest BCUT2D eigenvalue weighted by Gasteiger charge is -2.15. The zero-order chi connectivity index (χ0) is 17.9. The predicted octanol–water partition coefficient (Wildman–Crippen LogP) is 2.66. The second kappa shape index (κ2) is 7.04. The molecule has 26 heavy (non-hydrogen) atoms. The fraction of sp³-hybridized carbons (Fsp3) is 0.294. The van der Waals surface area contributed by atoms with Gasteiger partial charge in [0, 0.05) is 20.2 Å². The summed E-state index contributed by atoms with van der Waals surface area (Å²) in [5, 5.41) is 7.13. The molecule has 2 aromatic heterocycles. The van der Waals surface area contributed by atoms with Crippen LogP contribution in [0, 0.1) is 12.7 Å². The van der Waals surface area contributed by atoms with Gasteiger partial charge in [0.15, 0.2) is 17.4 Å². The van der Waals surface area contributed by atoms with Crippen molar-refractivity contribution in [1.82, 2.24) is 24.7 Å². The van der Waals surface area contributed by atoms with E-state index in [0.29, 0.717) is 19.0 Å². The lowest BCUT2D eigenvalue weighted by molar-refractivity contribution is 0.138. The number of nitrogens with one attached hydrogen (secondary N) is 1. The molecule has 8 nitrogen and oxygen atoms in total. The number of ether oxygens (including phenoxy) is 2. The van der Waals surface area contributed by atoms with Crippen LogP contribution in [0.4, 0.5) is 16.0 Å². The zero-order valence-corrected chi connectivity index (χ0v) is 14.1. The number of hydrogen-bond donors (Lipinski definition) is 1. The summed E-state index contributed by atoms with van der Waals surface area (Å²) in [7, 11) is 0. The first-order valence-electron chi connectivity index (χ1n) is 8.18. The van der Waals surface area contributed by atoms with Crippen LogP contribution in [0.3, 0.4) is 0 Å². The maximum atomic E-state index is 14.8. The average molecular weight is 358 g/mol. The number of rotatable bonds is 5. The van der Waals surface area contributed by atoms with Crippen LogP contribution < -0.4 is 10.1 Å². The van der Waals surface area contributed by atoms with E-state index in [1.54, 1.807) is 30.7 Å². The summed E-state index contributed by atoms with van der Waals surface area (Å²) >= 11 is 0. The van der Waals surface area contributed by atoms with Crippen molar-refractivity contribution < 1.29 is 15.3 Å². The highest BCUT2D eigenvalue weighted by molar-refractivity contribution is 5.59. The quantitative estimate of drug-likeness (QED) is 0.750. The summed E-state index contributed by atoms with van der Waals surface area (Å²) in [6, 6.07) is 3.35. The van der Waals surface area contributed by atoms with Crippen molar-refractivity contribution in [2.75, 3.05) is 18.5 Å². The number of aromatic nitrogens is 5. The van der Waals surface area contributed by atoms with E-state index < -0.39 is 5.82 Å². The summed E-state index contributed by atoms with van der Waals surface area (Å²) in [6.45, 7) is 2.97. The summed E-state index contributed by atoms with van der Waals surface area (Å²) < 4.78 is 27.3. The summed E-state index contributed by atoms with van der Waals surface area (Å²) in [5.41, 5.74) is 1.10. The van der Waals surface area contributed by atoms with Crippen LogP contribution in [0.25, 0.3) is 5.82 Å². The summed E-state index contributed by atoms with van der Waals surface area (Å²) in [4.78, 5) is 12.3. The van der Waals surface area contributed by atoms with Gasteiger partial charge in [-0.15, -0.1) is 5.10 Å². The van der Waals surface area contributed by atoms with E-state index in [-0.39, 0.29) is 24.9 Å². The lowest BCUT2D eigenvalue weighted by Crippen LogP contribution is -2.17. The number of aryl methyl sites for hydroxylation is 1. The van der Waals surface area contributed by atoms with Gasteiger partial charge in [0.25, 0.3) is 0 Å². The number of hydrogen-bond acceptors (Lipinski definition) is 7. The van der Waals surface area contributed by atoms with Crippen molar-refractivity contribution in [3.8, 4) is 11.6 Å². The Morgan fingerprint density at radius 1 is 1.35 bits per heavy atom. The molecule has 0 radical (unpaired) electrons. The van der Waals surface area contributed by atoms with Crippen molar-refractivity contribution in [2.45, 2.75) is 19.4 Å². The van der Waals surface area contributed by atoms with Gasteiger partial charge in [0.1, 0.15) is 12.4 Å². The monoisotopic (exact) mass is 358 g/mol. The van der Waals surface area contributed by atoms with E-state index in [2.05, 4.69) is 25.4 Å². The second-order valence-corrected chi connectivity index (χ2v) is 5.93. The van der Waals surface area contributed by atoms with Crippen molar-refractivity contribution in [1.29, 1.82) is 0 Å².